The van der Waals surface area contributed by atoms with Gasteiger partial charge in [0.2, 0.25) is 0 Å². The third kappa shape index (κ3) is 8.72. The highest BCUT2D eigenvalue weighted by atomic mass is 14.9. The number of hydrogen-bond donors (Lipinski definition) is 1. The lowest BCUT2D eigenvalue weighted by Gasteiger charge is -2.24. The summed E-state index contributed by atoms with van der Waals surface area (Å²) in [5.41, 5.74) is 11.7. The molecule has 0 bridgehead atoms. The Labute approximate surface area is 204 Å². The lowest BCUT2D eigenvalue weighted by atomic mass is 9.86. The first-order valence-electron chi connectivity index (χ1n) is 12.9. The summed E-state index contributed by atoms with van der Waals surface area (Å²) < 4.78 is 0. The standard InChI is InChI=1S/C27H33N.C3H8.C2H6/c1-19-14-15-26(23(5)18-19)27(25-13-9-7-11-21(25)3)28-17-16-22(4)24-12-8-6-10-20(24)2;1-3-2;1-2/h6,8,10,12,14-15,18,28H,3-4,7,9,11,13,16-17H2,1-2,5H3;3H2,1-2H3;1-2H3/b27-25+;;. The van der Waals surface area contributed by atoms with Crippen molar-refractivity contribution in [2.24, 2.45) is 0 Å². The minimum atomic E-state index is 0.882. The highest BCUT2D eigenvalue weighted by Crippen LogP contribution is 2.34. The first-order chi connectivity index (χ1) is 15.9. The van der Waals surface area contributed by atoms with E-state index in [9.17, 15) is 0 Å². The second kappa shape index (κ2) is 15.3. The maximum atomic E-state index is 4.38. The molecule has 1 N–H and O–H groups in total. The summed E-state index contributed by atoms with van der Waals surface area (Å²) in [5.74, 6) is 0. The molecule has 0 heterocycles. The van der Waals surface area contributed by atoms with Gasteiger partial charge in [-0.25, -0.2) is 0 Å². The Morgan fingerprint density at radius 2 is 1.52 bits per heavy atom. The molecule has 180 valence electrons. The topological polar surface area (TPSA) is 12.0 Å². The zero-order valence-corrected chi connectivity index (χ0v) is 22.4. The Hall–Kier alpha value is -2.54. The molecule has 0 aromatic heterocycles. The molecule has 1 fully saturated rings. The molecule has 0 saturated heterocycles. The molecule has 0 atom stereocenters. The third-order valence-electron chi connectivity index (χ3n) is 5.79. The number of aryl methyl sites for hydroxylation is 3. The zero-order valence-electron chi connectivity index (χ0n) is 22.4. The largest absolute Gasteiger partial charge is 0.384 e. The fraction of sp³-hybridized carbons (Fsp3) is 0.438. The predicted molar refractivity (Wildman–Crippen MR) is 151 cm³/mol. The fourth-order valence-corrected chi connectivity index (χ4v) is 4.17. The quantitative estimate of drug-likeness (QED) is 0.466. The van der Waals surface area contributed by atoms with E-state index in [1.807, 2.05) is 13.8 Å². The lowest BCUT2D eigenvalue weighted by molar-refractivity contribution is 0.677. The molecule has 0 spiro atoms. The van der Waals surface area contributed by atoms with Crippen molar-refractivity contribution in [3.8, 4) is 0 Å². The normalized spacial score (nSPS) is 14.3. The van der Waals surface area contributed by atoms with Gasteiger partial charge in [0.25, 0.3) is 0 Å². The summed E-state index contributed by atoms with van der Waals surface area (Å²) in [4.78, 5) is 0. The van der Waals surface area contributed by atoms with Crippen LogP contribution in [-0.4, -0.2) is 6.54 Å². The van der Waals surface area contributed by atoms with Crippen LogP contribution in [0.2, 0.25) is 0 Å². The Morgan fingerprint density at radius 1 is 0.879 bits per heavy atom. The van der Waals surface area contributed by atoms with Crippen LogP contribution < -0.4 is 5.32 Å². The van der Waals surface area contributed by atoms with E-state index in [1.54, 1.807) is 0 Å². The monoisotopic (exact) mass is 445 g/mol. The van der Waals surface area contributed by atoms with Gasteiger partial charge in [0.15, 0.2) is 0 Å². The van der Waals surface area contributed by atoms with Crippen LogP contribution in [-0.2, 0) is 0 Å². The molecule has 0 radical (unpaired) electrons. The number of rotatable bonds is 6. The van der Waals surface area contributed by atoms with Gasteiger partial charge < -0.3 is 5.32 Å². The summed E-state index contributed by atoms with van der Waals surface area (Å²) in [6.45, 7) is 24.4. The molecule has 1 heteroatoms. The van der Waals surface area contributed by atoms with Crippen LogP contribution in [0.1, 0.15) is 94.0 Å². The van der Waals surface area contributed by atoms with Crippen molar-refractivity contribution in [2.45, 2.75) is 87.0 Å². The van der Waals surface area contributed by atoms with E-state index in [0.29, 0.717) is 0 Å². The second-order valence-electron chi connectivity index (χ2n) is 8.78. The van der Waals surface area contributed by atoms with Gasteiger partial charge in [0, 0.05) is 17.8 Å². The van der Waals surface area contributed by atoms with Crippen LogP contribution >= 0.6 is 0 Å². The molecular formula is C32H47N. The maximum absolute atomic E-state index is 4.38. The van der Waals surface area contributed by atoms with Crippen LogP contribution in [0.3, 0.4) is 0 Å². The van der Waals surface area contributed by atoms with Crippen molar-refractivity contribution >= 4 is 11.3 Å². The SMILES string of the molecule is C=C1CCCC/C1=C(\NCCC(=C)c1ccccc1C)c1ccc(C)cc1C.CC.CCC. The zero-order chi connectivity index (χ0) is 24.8. The van der Waals surface area contributed by atoms with Gasteiger partial charge in [-0.05, 0) is 86.3 Å². The molecule has 2 aromatic carbocycles. The van der Waals surface area contributed by atoms with Crippen molar-refractivity contribution in [1.29, 1.82) is 0 Å². The van der Waals surface area contributed by atoms with Crippen LogP contribution in [0.4, 0.5) is 0 Å². The minimum Gasteiger partial charge on any atom is -0.384 e. The van der Waals surface area contributed by atoms with Crippen molar-refractivity contribution in [3.05, 3.63) is 94.6 Å². The molecule has 0 amide bonds. The van der Waals surface area contributed by atoms with E-state index in [4.69, 9.17) is 0 Å². The molecule has 3 rings (SSSR count). The number of allylic oxidation sites excluding steroid dienone is 2. The van der Waals surface area contributed by atoms with Gasteiger partial charge in [0.05, 0.1) is 0 Å². The van der Waals surface area contributed by atoms with Gasteiger partial charge in [-0.3, -0.25) is 0 Å². The average Bonchev–Trinajstić information content (AvgIpc) is 2.80. The van der Waals surface area contributed by atoms with E-state index < -0.39 is 0 Å². The second-order valence-corrected chi connectivity index (χ2v) is 8.78. The molecule has 1 aliphatic carbocycles. The molecule has 0 unspecified atom stereocenters. The van der Waals surface area contributed by atoms with Crippen molar-refractivity contribution < 1.29 is 0 Å². The number of hydrogen-bond acceptors (Lipinski definition) is 1. The lowest BCUT2D eigenvalue weighted by Crippen LogP contribution is -2.18. The Balaban J connectivity index is 0.00000101. The highest BCUT2D eigenvalue weighted by molar-refractivity contribution is 5.74. The summed E-state index contributed by atoms with van der Waals surface area (Å²) in [6, 6.07) is 15.3. The van der Waals surface area contributed by atoms with Crippen LogP contribution in [0, 0.1) is 20.8 Å². The Kier molecular flexibility index (Phi) is 13.2. The van der Waals surface area contributed by atoms with Gasteiger partial charge in [-0.1, -0.05) is 95.3 Å². The summed E-state index contributed by atoms with van der Waals surface area (Å²) in [5, 5.41) is 3.77. The van der Waals surface area contributed by atoms with Crippen molar-refractivity contribution in [2.75, 3.05) is 6.54 Å². The summed E-state index contributed by atoms with van der Waals surface area (Å²) >= 11 is 0. The molecule has 1 aliphatic rings. The van der Waals surface area contributed by atoms with E-state index in [1.165, 1.54) is 69.5 Å². The maximum Gasteiger partial charge on any atom is 0.0451 e. The van der Waals surface area contributed by atoms with E-state index >= 15 is 0 Å². The van der Waals surface area contributed by atoms with Gasteiger partial charge >= 0.3 is 0 Å². The first-order valence-corrected chi connectivity index (χ1v) is 12.9. The fourth-order valence-electron chi connectivity index (χ4n) is 4.17. The first kappa shape index (κ1) is 28.5. The summed E-state index contributed by atoms with van der Waals surface area (Å²) in [6.07, 6.45) is 6.92. The molecular weight excluding hydrogens is 398 g/mol. The van der Waals surface area contributed by atoms with E-state index in [2.05, 4.69) is 95.6 Å². The van der Waals surface area contributed by atoms with Crippen LogP contribution in [0.15, 0.2) is 66.8 Å². The van der Waals surface area contributed by atoms with Crippen LogP contribution in [0.25, 0.3) is 11.3 Å². The summed E-state index contributed by atoms with van der Waals surface area (Å²) in [7, 11) is 0. The third-order valence-corrected chi connectivity index (χ3v) is 5.79. The molecule has 33 heavy (non-hydrogen) atoms. The number of nitrogens with one attached hydrogen (secondary N) is 1. The van der Waals surface area contributed by atoms with Gasteiger partial charge in [0.1, 0.15) is 0 Å². The van der Waals surface area contributed by atoms with Gasteiger partial charge in [-0.15, -0.1) is 0 Å². The van der Waals surface area contributed by atoms with E-state index in [-0.39, 0.29) is 0 Å². The number of benzene rings is 2. The highest BCUT2D eigenvalue weighted by Gasteiger charge is 2.17. The predicted octanol–water partition coefficient (Wildman–Crippen LogP) is 9.59. The minimum absolute atomic E-state index is 0.882. The molecule has 1 saturated carbocycles. The van der Waals surface area contributed by atoms with Gasteiger partial charge in [-0.2, -0.15) is 0 Å². The van der Waals surface area contributed by atoms with Crippen molar-refractivity contribution in [1.82, 2.24) is 5.32 Å². The smallest absolute Gasteiger partial charge is 0.0451 e. The molecule has 1 nitrogen and oxygen atoms in total. The Morgan fingerprint density at radius 3 is 2.12 bits per heavy atom. The average molecular weight is 446 g/mol. The molecule has 0 aliphatic heterocycles. The van der Waals surface area contributed by atoms with Crippen molar-refractivity contribution in [3.63, 3.8) is 0 Å². The van der Waals surface area contributed by atoms with Crippen LogP contribution in [0.5, 0.6) is 0 Å². The van der Waals surface area contributed by atoms with E-state index in [0.717, 1.165) is 25.8 Å². The Bertz CT molecular complexity index is 929. The molecule has 2 aromatic rings.